The van der Waals surface area contributed by atoms with Gasteiger partial charge in [0.15, 0.2) is 5.78 Å². The van der Waals surface area contributed by atoms with Crippen molar-refractivity contribution >= 4 is 11.7 Å². The highest BCUT2D eigenvalue weighted by Crippen LogP contribution is 2.57. The van der Waals surface area contributed by atoms with Gasteiger partial charge in [-0.1, -0.05) is 37.3 Å². The van der Waals surface area contributed by atoms with Gasteiger partial charge in [-0.25, -0.2) is 0 Å². The van der Waals surface area contributed by atoms with Gasteiger partial charge in [-0.05, 0) is 36.2 Å². The summed E-state index contributed by atoms with van der Waals surface area (Å²) >= 11 is 0. The zero-order chi connectivity index (χ0) is 16.6. The minimum absolute atomic E-state index is 0.00662. The molecule has 1 unspecified atom stereocenters. The van der Waals surface area contributed by atoms with Crippen LogP contribution in [0.4, 0.5) is 0 Å². The largest absolute Gasteiger partial charge is 0.376 e. The maximum atomic E-state index is 12.1. The highest BCUT2D eigenvalue weighted by atomic mass is 16.5. The van der Waals surface area contributed by atoms with Crippen molar-refractivity contribution in [1.29, 1.82) is 0 Å². The van der Waals surface area contributed by atoms with E-state index in [1.54, 1.807) is 18.7 Å². The second-order valence-electron chi connectivity index (χ2n) is 7.35. The minimum Gasteiger partial charge on any atom is -0.376 e. The molecule has 124 valence electrons. The summed E-state index contributed by atoms with van der Waals surface area (Å²) in [5.41, 5.74) is 1.15. The van der Waals surface area contributed by atoms with Crippen LogP contribution < -0.4 is 0 Å². The van der Waals surface area contributed by atoms with Gasteiger partial charge in [-0.2, -0.15) is 0 Å². The average Bonchev–Trinajstić information content (AvgIpc) is 2.83. The fraction of sp³-hybridized carbons (Fsp3) is 0.579. The monoisotopic (exact) mass is 315 g/mol. The number of rotatable bonds is 5. The Labute approximate surface area is 137 Å². The van der Waals surface area contributed by atoms with Crippen LogP contribution in [-0.4, -0.2) is 35.8 Å². The molecule has 4 nitrogen and oxygen atoms in total. The summed E-state index contributed by atoms with van der Waals surface area (Å²) in [6, 6.07) is 9.85. The van der Waals surface area contributed by atoms with Gasteiger partial charge in [-0.15, -0.1) is 0 Å². The van der Waals surface area contributed by atoms with E-state index in [2.05, 4.69) is 19.1 Å². The van der Waals surface area contributed by atoms with Crippen LogP contribution in [0.3, 0.4) is 0 Å². The number of benzene rings is 1. The predicted octanol–water partition coefficient (Wildman–Crippen LogP) is 2.67. The lowest BCUT2D eigenvalue weighted by molar-refractivity contribution is -0.140. The molecule has 1 aromatic carbocycles. The lowest BCUT2D eigenvalue weighted by Crippen LogP contribution is -2.53. The van der Waals surface area contributed by atoms with Crippen molar-refractivity contribution in [1.82, 2.24) is 4.90 Å². The molecule has 0 aromatic heterocycles. The number of nitrogens with zero attached hydrogens (tertiary/aromatic N) is 1. The number of ketones is 1. The molecule has 0 bridgehead atoms. The second-order valence-corrected chi connectivity index (χ2v) is 7.35. The maximum absolute atomic E-state index is 12.1. The van der Waals surface area contributed by atoms with Crippen molar-refractivity contribution in [2.75, 3.05) is 13.2 Å². The summed E-state index contributed by atoms with van der Waals surface area (Å²) in [7, 11) is 0. The summed E-state index contributed by atoms with van der Waals surface area (Å²) in [6.45, 7) is 7.31. The third-order valence-corrected chi connectivity index (χ3v) is 5.51. The topological polar surface area (TPSA) is 46.6 Å². The highest BCUT2D eigenvalue weighted by Gasteiger charge is 2.61. The standard InChI is InChI=1S/C19H25NO3/c1-13(21)18-17-16(10-20(18)14(2)22)9-19(17,3)12-23-11-15-7-5-4-6-8-15/h4-8,16-18H,9-12H2,1-3H3/t16-,17-,18+,19?/m0/s1. The van der Waals surface area contributed by atoms with Gasteiger partial charge in [0.25, 0.3) is 0 Å². The fourth-order valence-electron chi connectivity index (χ4n) is 4.58. The Morgan fingerprint density at radius 3 is 2.57 bits per heavy atom. The molecular weight excluding hydrogens is 290 g/mol. The van der Waals surface area contributed by atoms with Crippen LogP contribution in [-0.2, 0) is 20.9 Å². The molecule has 1 saturated heterocycles. The number of hydrogen-bond donors (Lipinski definition) is 0. The number of hydrogen-bond acceptors (Lipinski definition) is 3. The zero-order valence-electron chi connectivity index (χ0n) is 14.1. The van der Waals surface area contributed by atoms with Crippen molar-refractivity contribution in [2.24, 2.45) is 17.3 Å². The lowest BCUT2D eigenvalue weighted by atomic mass is 9.54. The number of amides is 1. The van der Waals surface area contributed by atoms with E-state index in [1.165, 1.54) is 0 Å². The van der Waals surface area contributed by atoms with E-state index in [1.807, 2.05) is 18.2 Å². The predicted molar refractivity (Wildman–Crippen MR) is 87.7 cm³/mol. The summed E-state index contributed by atoms with van der Waals surface area (Å²) in [5, 5.41) is 0. The first-order valence-corrected chi connectivity index (χ1v) is 8.32. The zero-order valence-corrected chi connectivity index (χ0v) is 14.1. The molecule has 1 aliphatic heterocycles. The Balaban J connectivity index is 1.64. The molecule has 1 saturated carbocycles. The van der Waals surface area contributed by atoms with E-state index in [-0.39, 0.29) is 29.1 Å². The summed E-state index contributed by atoms with van der Waals surface area (Å²) < 4.78 is 5.94. The number of ether oxygens (including phenoxy) is 1. The quantitative estimate of drug-likeness (QED) is 0.839. The first-order chi connectivity index (χ1) is 10.9. The highest BCUT2D eigenvalue weighted by molar-refractivity contribution is 5.88. The molecular formula is C19H25NO3. The Bertz CT molecular complexity index is 600. The summed E-state index contributed by atoms with van der Waals surface area (Å²) in [5.74, 6) is 0.784. The van der Waals surface area contributed by atoms with Crippen molar-refractivity contribution in [3.63, 3.8) is 0 Å². The summed E-state index contributed by atoms with van der Waals surface area (Å²) in [4.78, 5) is 25.7. The lowest BCUT2D eigenvalue weighted by Gasteiger charge is -2.51. The van der Waals surface area contributed by atoms with Crippen LogP contribution in [0, 0.1) is 17.3 Å². The SMILES string of the molecule is CC(=O)[C@@H]1[C@@H]2[C@H](CN1C(C)=O)CC2(C)COCc1ccccc1. The molecule has 2 fully saturated rings. The number of carbonyl (C=O) groups excluding carboxylic acids is 2. The van der Waals surface area contributed by atoms with E-state index in [4.69, 9.17) is 4.74 Å². The van der Waals surface area contributed by atoms with Crippen LogP contribution in [0.2, 0.25) is 0 Å². The normalized spacial score (nSPS) is 32.3. The van der Waals surface area contributed by atoms with E-state index >= 15 is 0 Å². The molecule has 23 heavy (non-hydrogen) atoms. The number of carbonyl (C=O) groups is 2. The molecule has 0 radical (unpaired) electrons. The van der Waals surface area contributed by atoms with Gasteiger partial charge in [-0.3, -0.25) is 9.59 Å². The van der Waals surface area contributed by atoms with Gasteiger partial charge in [0.05, 0.1) is 19.3 Å². The molecule has 3 rings (SSSR count). The Hall–Kier alpha value is -1.68. The van der Waals surface area contributed by atoms with E-state index < -0.39 is 0 Å². The Morgan fingerprint density at radius 1 is 1.26 bits per heavy atom. The van der Waals surface area contributed by atoms with Crippen LogP contribution >= 0.6 is 0 Å². The van der Waals surface area contributed by atoms with Crippen molar-refractivity contribution in [3.05, 3.63) is 35.9 Å². The molecule has 2 aliphatic rings. The number of fused-ring (bicyclic) bond motifs is 1. The van der Waals surface area contributed by atoms with Crippen molar-refractivity contribution in [3.8, 4) is 0 Å². The fourth-order valence-corrected chi connectivity index (χ4v) is 4.58. The molecule has 1 aromatic rings. The Kier molecular flexibility index (Phi) is 4.28. The van der Waals surface area contributed by atoms with Crippen LogP contribution in [0.25, 0.3) is 0 Å². The van der Waals surface area contributed by atoms with Gasteiger partial charge in [0.1, 0.15) is 0 Å². The van der Waals surface area contributed by atoms with Crippen molar-refractivity contribution < 1.29 is 14.3 Å². The number of likely N-dealkylation sites (tertiary alicyclic amines) is 1. The molecule has 4 heteroatoms. The van der Waals surface area contributed by atoms with Crippen LogP contribution in [0.15, 0.2) is 30.3 Å². The Morgan fingerprint density at radius 2 is 1.96 bits per heavy atom. The maximum Gasteiger partial charge on any atom is 0.220 e. The molecule has 1 amide bonds. The van der Waals surface area contributed by atoms with Crippen LogP contribution in [0.1, 0.15) is 32.8 Å². The third-order valence-electron chi connectivity index (χ3n) is 5.51. The molecule has 1 aliphatic carbocycles. The minimum atomic E-state index is -0.267. The third kappa shape index (κ3) is 2.92. The van der Waals surface area contributed by atoms with Crippen LogP contribution in [0.5, 0.6) is 0 Å². The molecule has 0 spiro atoms. The van der Waals surface area contributed by atoms with Gasteiger partial charge >= 0.3 is 0 Å². The van der Waals surface area contributed by atoms with Gasteiger partial charge in [0.2, 0.25) is 5.91 Å². The first kappa shape index (κ1) is 16.2. The molecule has 4 atom stereocenters. The van der Waals surface area contributed by atoms with E-state index in [0.717, 1.165) is 18.5 Å². The number of Topliss-reactive ketones (excluding diaryl/α,β-unsaturated/α-hetero) is 1. The average molecular weight is 315 g/mol. The summed E-state index contributed by atoms with van der Waals surface area (Å²) in [6.07, 6.45) is 1.03. The molecule has 0 N–H and O–H groups in total. The van der Waals surface area contributed by atoms with E-state index in [9.17, 15) is 9.59 Å². The van der Waals surface area contributed by atoms with E-state index in [0.29, 0.717) is 19.1 Å². The van der Waals surface area contributed by atoms with Gasteiger partial charge < -0.3 is 9.64 Å². The smallest absolute Gasteiger partial charge is 0.220 e. The first-order valence-electron chi connectivity index (χ1n) is 8.32. The van der Waals surface area contributed by atoms with Gasteiger partial charge in [0, 0.05) is 13.5 Å². The van der Waals surface area contributed by atoms with Crippen molar-refractivity contribution in [2.45, 2.75) is 39.8 Å². The molecule has 1 heterocycles. The second kappa shape index (κ2) is 6.08.